The highest BCUT2D eigenvalue weighted by Gasteiger charge is 2.15. The molecule has 0 unspecified atom stereocenters. The molecular weight excluding hydrogens is 300 g/mol. The van der Waals surface area contributed by atoms with Crippen molar-refractivity contribution < 1.29 is 0 Å². The Balaban J connectivity index is 2.25. The minimum Gasteiger partial charge on any atom is -0.264 e. The van der Waals surface area contributed by atoms with Crippen LogP contribution in [0.2, 0.25) is 0 Å². The van der Waals surface area contributed by atoms with Crippen molar-refractivity contribution in [3.05, 3.63) is 53.1 Å². The van der Waals surface area contributed by atoms with Crippen molar-refractivity contribution in [3.63, 3.8) is 0 Å². The maximum atomic E-state index is 6.27. The molecule has 3 heteroatoms. The van der Waals surface area contributed by atoms with Gasteiger partial charge >= 0.3 is 0 Å². The molecule has 3 aromatic rings. The summed E-state index contributed by atoms with van der Waals surface area (Å²) in [6, 6.07) is 12.9. The highest BCUT2D eigenvalue weighted by Crippen LogP contribution is 2.29. The summed E-state index contributed by atoms with van der Waals surface area (Å²) in [6.45, 7) is 10.9. The summed E-state index contributed by atoms with van der Waals surface area (Å²) in [6.07, 6.45) is 0.990. The van der Waals surface area contributed by atoms with Crippen LogP contribution in [0.3, 0.4) is 0 Å². The maximum Gasteiger partial charge on any atom is 0.140 e. The third-order valence-electron chi connectivity index (χ3n) is 4.37. The average molecular weight is 323 g/mol. The zero-order valence-corrected chi connectivity index (χ0v) is 15.8. The van der Waals surface area contributed by atoms with Crippen LogP contribution in [0.5, 0.6) is 0 Å². The maximum absolute atomic E-state index is 6.27. The first-order valence-electron chi connectivity index (χ1n) is 8.70. The summed E-state index contributed by atoms with van der Waals surface area (Å²) < 4.78 is 0. The zero-order chi connectivity index (χ0) is 18.4. The Labute approximate surface area is 153 Å². The number of aryl methyl sites for hydroxylation is 2. The van der Waals surface area contributed by atoms with Gasteiger partial charge in [0.05, 0.1) is 5.69 Å². The van der Waals surface area contributed by atoms with E-state index in [-0.39, 0.29) is 5.41 Å². The van der Waals surface area contributed by atoms with E-state index in [1.807, 2.05) is 0 Å². The molecule has 3 rings (SSSR count). The van der Waals surface area contributed by atoms with Gasteiger partial charge < -0.3 is 0 Å². The lowest BCUT2D eigenvalue weighted by molar-refractivity contribution is 0.411. The van der Waals surface area contributed by atoms with E-state index in [1.165, 1.54) is 16.7 Å². The van der Waals surface area contributed by atoms with Crippen LogP contribution in [-0.2, 0) is 6.42 Å². The molecule has 2 aromatic carbocycles. The molecule has 1 heterocycles. The molecule has 0 aliphatic carbocycles. The van der Waals surface area contributed by atoms with E-state index in [0.717, 1.165) is 28.5 Å². The highest BCUT2D eigenvalue weighted by atomic mass is 14.7. The van der Waals surface area contributed by atoms with Gasteiger partial charge in [-0.05, 0) is 54.4 Å². The fraction of sp³-hybridized carbons (Fsp3) is 0.318. The highest BCUT2D eigenvalue weighted by molar-refractivity contribution is 6.52. The van der Waals surface area contributed by atoms with Crippen molar-refractivity contribution in [2.45, 2.75) is 41.0 Å². The van der Waals surface area contributed by atoms with Crippen molar-refractivity contribution in [3.8, 4) is 11.3 Å². The van der Waals surface area contributed by atoms with Gasteiger partial charge in [-0.3, -0.25) is 4.98 Å². The number of fused-ring (bicyclic) bond motifs is 1. The number of nitrogens with zero attached hydrogens (tertiary/aromatic N) is 1. The third kappa shape index (κ3) is 3.81. The normalized spacial score (nSPS) is 11.9. The van der Waals surface area contributed by atoms with E-state index in [0.29, 0.717) is 11.1 Å². The quantitative estimate of drug-likeness (QED) is 0.656. The van der Waals surface area contributed by atoms with Gasteiger partial charge in [-0.1, -0.05) is 61.6 Å². The minimum atomic E-state index is 0.220. The lowest BCUT2D eigenvalue weighted by Crippen LogP contribution is -2.30. The summed E-state index contributed by atoms with van der Waals surface area (Å²) in [4.78, 5) is 4.61. The van der Waals surface area contributed by atoms with Gasteiger partial charge in [0, 0.05) is 10.9 Å². The largest absolute Gasteiger partial charge is 0.264 e. The van der Waals surface area contributed by atoms with E-state index in [2.05, 4.69) is 76.0 Å². The van der Waals surface area contributed by atoms with Gasteiger partial charge in [0.15, 0.2) is 0 Å². The van der Waals surface area contributed by atoms with Crippen molar-refractivity contribution in [2.75, 3.05) is 0 Å². The number of aromatic nitrogens is 1. The number of hydrogen-bond donors (Lipinski definition) is 0. The molecule has 0 amide bonds. The molecule has 0 spiro atoms. The summed E-state index contributed by atoms with van der Waals surface area (Å²) >= 11 is 0. The Bertz CT molecular complexity index is 932. The molecule has 0 bridgehead atoms. The molecular formula is C22H23B2N. The van der Waals surface area contributed by atoms with Crippen LogP contribution in [0.25, 0.3) is 22.0 Å². The van der Waals surface area contributed by atoms with Crippen molar-refractivity contribution in [1.82, 2.24) is 4.98 Å². The molecule has 4 radical (unpaired) electrons. The summed E-state index contributed by atoms with van der Waals surface area (Å²) in [5.41, 5.74) is 6.86. The standard InChI is InChI=1S/C22H23B2N/c1-13-8-14(2)10-16(9-13)20-17-7-6-15(12-22(3,4)5)11-18(17)19(23)21(24)25-20/h6-11H,12H2,1-5H3. The summed E-state index contributed by atoms with van der Waals surface area (Å²) in [5.74, 6) is 0. The number of benzene rings is 2. The van der Waals surface area contributed by atoms with Crippen LogP contribution in [-0.4, -0.2) is 20.7 Å². The molecule has 0 aliphatic rings. The predicted molar refractivity (Wildman–Crippen MR) is 111 cm³/mol. The van der Waals surface area contributed by atoms with Crippen LogP contribution < -0.4 is 11.1 Å². The van der Waals surface area contributed by atoms with E-state index in [4.69, 9.17) is 15.7 Å². The molecule has 0 aliphatic heterocycles. The molecule has 1 nitrogen and oxygen atoms in total. The fourth-order valence-corrected chi connectivity index (χ4v) is 3.45. The number of hydrogen-bond acceptors (Lipinski definition) is 1. The van der Waals surface area contributed by atoms with E-state index < -0.39 is 0 Å². The Morgan fingerprint density at radius 1 is 0.880 bits per heavy atom. The lowest BCUT2D eigenvalue weighted by atomic mass is 9.79. The molecule has 0 saturated carbocycles. The van der Waals surface area contributed by atoms with Crippen molar-refractivity contribution in [1.29, 1.82) is 0 Å². The average Bonchev–Trinajstić information content (AvgIpc) is 2.48. The molecule has 0 N–H and O–H groups in total. The Morgan fingerprint density at radius 3 is 2.12 bits per heavy atom. The van der Waals surface area contributed by atoms with Crippen LogP contribution in [0.15, 0.2) is 36.4 Å². The Morgan fingerprint density at radius 2 is 1.52 bits per heavy atom. The predicted octanol–water partition coefficient (Wildman–Crippen LogP) is 3.69. The first-order chi connectivity index (χ1) is 11.6. The molecule has 122 valence electrons. The third-order valence-corrected chi connectivity index (χ3v) is 4.37. The van der Waals surface area contributed by atoms with Gasteiger partial charge in [0.25, 0.3) is 0 Å². The first-order valence-corrected chi connectivity index (χ1v) is 8.70. The van der Waals surface area contributed by atoms with Crippen LogP contribution >= 0.6 is 0 Å². The lowest BCUT2D eigenvalue weighted by Gasteiger charge is -2.20. The van der Waals surface area contributed by atoms with Gasteiger partial charge in [-0.15, -0.1) is 0 Å². The topological polar surface area (TPSA) is 12.9 Å². The van der Waals surface area contributed by atoms with Crippen LogP contribution in [0, 0.1) is 19.3 Å². The van der Waals surface area contributed by atoms with Gasteiger partial charge in [-0.25, -0.2) is 0 Å². The first kappa shape index (κ1) is 17.8. The van der Waals surface area contributed by atoms with Crippen LogP contribution in [0.4, 0.5) is 0 Å². The minimum absolute atomic E-state index is 0.220. The van der Waals surface area contributed by atoms with E-state index in [1.54, 1.807) is 0 Å². The van der Waals surface area contributed by atoms with E-state index >= 15 is 0 Å². The monoisotopic (exact) mass is 323 g/mol. The number of rotatable bonds is 2. The number of pyridine rings is 1. The second kappa shape index (κ2) is 6.37. The Hall–Kier alpha value is -2.02. The SMILES string of the molecule is [B]c1nc(-c2cc(C)cc(C)c2)c2ccc(CC(C)(C)C)cc2c1[B]. The summed E-state index contributed by atoms with van der Waals surface area (Å²) in [5, 5.41) is 2.04. The van der Waals surface area contributed by atoms with Crippen molar-refractivity contribution >= 4 is 37.5 Å². The molecule has 0 fully saturated rings. The van der Waals surface area contributed by atoms with Gasteiger partial charge in [0.2, 0.25) is 0 Å². The van der Waals surface area contributed by atoms with Crippen LogP contribution in [0.1, 0.15) is 37.5 Å². The zero-order valence-electron chi connectivity index (χ0n) is 15.8. The molecule has 25 heavy (non-hydrogen) atoms. The van der Waals surface area contributed by atoms with Gasteiger partial charge in [0.1, 0.15) is 15.7 Å². The van der Waals surface area contributed by atoms with E-state index in [9.17, 15) is 0 Å². The second-order valence-electron chi connectivity index (χ2n) is 8.25. The smallest absolute Gasteiger partial charge is 0.140 e. The molecule has 1 aromatic heterocycles. The Kier molecular flexibility index (Phi) is 4.53. The van der Waals surface area contributed by atoms with Gasteiger partial charge in [-0.2, -0.15) is 0 Å². The second-order valence-corrected chi connectivity index (χ2v) is 8.25. The summed E-state index contributed by atoms with van der Waals surface area (Å²) in [7, 11) is 12.4. The molecule has 0 atom stereocenters. The van der Waals surface area contributed by atoms with Crippen molar-refractivity contribution in [2.24, 2.45) is 5.41 Å². The fourth-order valence-electron chi connectivity index (χ4n) is 3.45. The molecule has 0 saturated heterocycles.